The van der Waals surface area contributed by atoms with Crippen molar-refractivity contribution in [1.82, 2.24) is 19.1 Å². The van der Waals surface area contributed by atoms with Crippen molar-refractivity contribution in [3.63, 3.8) is 0 Å². The Morgan fingerprint density at radius 3 is 2.58 bits per heavy atom. The van der Waals surface area contributed by atoms with Crippen LogP contribution < -0.4 is 16.7 Å². The number of nitrogens with two attached hydrogens (primary N) is 1. The molecule has 4 rings (SSSR count). The van der Waals surface area contributed by atoms with Crippen LogP contribution in [0.15, 0.2) is 11.0 Å². The maximum Gasteiger partial charge on any atom is 0.330 e. The van der Waals surface area contributed by atoms with Gasteiger partial charge in [-0.2, -0.15) is 4.98 Å². The summed E-state index contributed by atoms with van der Waals surface area (Å²) in [4.78, 5) is 21.8. The number of anilines is 1. The molecule has 0 unspecified atom stereocenters. The Bertz CT molecular complexity index is 780. The highest BCUT2D eigenvalue weighted by Gasteiger charge is 2.24. The van der Waals surface area contributed by atoms with Crippen molar-refractivity contribution in [2.24, 2.45) is 12.8 Å². The number of nitrogens with zero attached hydrogens (tertiary/aromatic N) is 4. The molecular weight excluding hydrogens is 304 g/mol. The number of hydrogen-bond acceptors (Lipinski definition) is 5. The van der Waals surface area contributed by atoms with E-state index in [1.165, 1.54) is 12.8 Å². The Hall–Kier alpha value is -1.89. The summed E-state index contributed by atoms with van der Waals surface area (Å²) in [7, 11) is 1.80. The molecular formula is C17H26N6O. The van der Waals surface area contributed by atoms with Crippen molar-refractivity contribution in [1.29, 1.82) is 0 Å². The van der Waals surface area contributed by atoms with Crippen LogP contribution in [0.1, 0.15) is 57.4 Å². The van der Waals surface area contributed by atoms with Crippen molar-refractivity contribution in [3.05, 3.63) is 16.7 Å². The zero-order valence-electron chi connectivity index (χ0n) is 14.2. The molecule has 0 atom stereocenters. The lowest BCUT2D eigenvalue weighted by Gasteiger charge is -2.26. The normalized spacial score (nSPS) is 25.4. The molecule has 7 heteroatoms. The molecule has 3 N–H and O–H groups in total. The van der Waals surface area contributed by atoms with E-state index in [4.69, 9.17) is 10.7 Å². The second-order valence-corrected chi connectivity index (χ2v) is 7.31. The second kappa shape index (κ2) is 6.20. The lowest BCUT2D eigenvalue weighted by atomic mass is 9.92. The molecule has 0 spiro atoms. The molecule has 2 aromatic rings. The predicted molar refractivity (Wildman–Crippen MR) is 94.1 cm³/mol. The zero-order chi connectivity index (χ0) is 16.7. The average molecular weight is 330 g/mol. The second-order valence-electron chi connectivity index (χ2n) is 7.31. The number of fused-ring (bicyclic) bond motifs is 1. The van der Waals surface area contributed by atoms with E-state index in [1.807, 2.05) is 4.57 Å². The molecule has 2 heterocycles. The number of aromatic nitrogens is 4. The van der Waals surface area contributed by atoms with Gasteiger partial charge in [-0.1, -0.05) is 12.8 Å². The largest absolute Gasteiger partial charge is 0.351 e. The smallest absolute Gasteiger partial charge is 0.330 e. The molecule has 7 nitrogen and oxygen atoms in total. The Morgan fingerprint density at radius 2 is 1.88 bits per heavy atom. The van der Waals surface area contributed by atoms with E-state index in [1.54, 1.807) is 17.8 Å². The van der Waals surface area contributed by atoms with Gasteiger partial charge in [0.25, 0.3) is 0 Å². The molecule has 2 aromatic heterocycles. The number of aryl methyl sites for hydroxylation is 1. The van der Waals surface area contributed by atoms with Gasteiger partial charge in [0, 0.05) is 25.2 Å². The summed E-state index contributed by atoms with van der Waals surface area (Å²) in [5.41, 5.74) is 7.57. The lowest BCUT2D eigenvalue weighted by Crippen LogP contribution is -2.33. The molecule has 2 aliphatic rings. The monoisotopic (exact) mass is 330 g/mol. The van der Waals surface area contributed by atoms with E-state index in [-0.39, 0.29) is 11.7 Å². The first-order valence-corrected chi connectivity index (χ1v) is 9.09. The van der Waals surface area contributed by atoms with Gasteiger partial charge in [-0.05, 0) is 38.5 Å². The van der Waals surface area contributed by atoms with Crippen LogP contribution in [-0.4, -0.2) is 31.2 Å². The Kier molecular flexibility index (Phi) is 4.04. The zero-order valence-corrected chi connectivity index (χ0v) is 14.2. The fraction of sp³-hybridized carbons (Fsp3) is 0.706. The number of hydrogen-bond donors (Lipinski definition) is 2. The van der Waals surface area contributed by atoms with Gasteiger partial charge < -0.3 is 11.1 Å². The van der Waals surface area contributed by atoms with Crippen molar-refractivity contribution in [3.8, 4) is 0 Å². The van der Waals surface area contributed by atoms with Crippen LogP contribution in [0.5, 0.6) is 0 Å². The maximum absolute atomic E-state index is 12.6. The predicted octanol–water partition coefficient (Wildman–Crippen LogP) is 1.93. The molecule has 0 bridgehead atoms. The molecule has 24 heavy (non-hydrogen) atoms. The van der Waals surface area contributed by atoms with Gasteiger partial charge >= 0.3 is 5.69 Å². The molecule has 0 aliphatic heterocycles. The number of imidazole rings is 1. The van der Waals surface area contributed by atoms with Gasteiger partial charge in [0.15, 0.2) is 5.65 Å². The first kappa shape index (κ1) is 15.6. The molecule has 0 saturated heterocycles. The highest BCUT2D eigenvalue weighted by molar-refractivity contribution is 5.72. The molecule has 130 valence electrons. The van der Waals surface area contributed by atoms with Crippen molar-refractivity contribution >= 4 is 17.1 Å². The lowest BCUT2D eigenvalue weighted by molar-refractivity contribution is 0.410. The van der Waals surface area contributed by atoms with Crippen molar-refractivity contribution in [2.75, 3.05) is 5.32 Å². The van der Waals surface area contributed by atoms with E-state index in [2.05, 4.69) is 10.3 Å². The van der Waals surface area contributed by atoms with Crippen molar-refractivity contribution in [2.45, 2.75) is 69.5 Å². The van der Waals surface area contributed by atoms with Crippen LogP contribution >= 0.6 is 0 Å². The standard InChI is InChI=1S/C17H26N6O/c1-22-14-10-19-16(20-12-8-6-11(18)7-9-12)21-15(14)23(17(22)24)13-4-2-3-5-13/h10-13H,2-9,18H2,1H3,(H,19,20,21). The quantitative estimate of drug-likeness (QED) is 0.897. The van der Waals surface area contributed by atoms with E-state index < -0.39 is 0 Å². The highest BCUT2D eigenvalue weighted by Crippen LogP contribution is 2.30. The molecule has 0 aromatic carbocycles. The van der Waals surface area contributed by atoms with Gasteiger partial charge in [-0.15, -0.1) is 0 Å². The third kappa shape index (κ3) is 2.70. The summed E-state index contributed by atoms with van der Waals surface area (Å²) in [6.07, 6.45) is 10.4. The summed E-state index contributed by atoms with van der Waals surface area (Å²) < 4.78 is 3.54. The van der Waals surface area contributed by atoms with Crippen LogP contribution in [-0.2, 0) is 7.05 Å². The number of nitrogens with one attached hydrogen (secondary N) is 1. The summed E-state index contributed by atoms with van der Waals surface area (Å²) in [5.74, 6) is 0.625. The topological polar surface area (TPSA) is 90.8 Å². The van der Waals surface area contributed by atoms with E-state index in [0.717, 1.165) is 49.7 Å². The molecule has 2 saturated carbocycles. The average Bonchev–Trinajstić information content (AvgIpc) is 3.18. The maximum atomic E-state index is 12.6. The van der Waals surface area contributed by atoms with Gasteiger partial charge in [0.1, 0.15) is 5.52 Å². The fourth-order valence-corrected chi connectivity index (χ4v) is 4.14. The van der Waals surface area contributed by atoms with Gasteiger partial charge in [-0.3, -0.25) is 9.13 Å². The van der Waals surface area contributed by atoms with Crippen LogP contribution in [0.3, 0.4) is 0 Å². The first-order chi connectivity index (χ1) is 11.6. The van der Waals surface area contributed by atoms with Crippen LogP contribution in [0.25, 0.3) is 11.2 Å². The third-order valence-electron chi connectivity index (χ3n) is 5.63. The minimum Gasteiger partial charge on any atom is -0.351 e. The molecule has 2 fully saturated rings. The summed E-state index contributed by atoms with van der Waals surface area (Å²) in [6, 6.07) is 0.974. The van der Waals surface area contributed by atoms with E-state index >= 15 is 0 Å². The Balaban J connectivity index is 1.66. The minimum atomic E-state index is 0.0204. The molecule has 0 radical (unpaired) electrons. The fourth-order valence-electron chi connectivity index (χ4n) is 4.14. The number of rotatable bonds is 3. The summed E-state index contributed by atoms with van der Waals surface area (Å²) in [5, 5.41) is 3.44. The third-order valence-corrected chi connectivity index (χ3v) is 5.63. The summed E-state index contributed by atoms with van der Waals surface area (Å²) >= 11 is 0. The minimum absolute atomic E-state index is 0.0204. The van der Waals surface area contributed by atoms with Gasteiger partial charge in [0.05, 0.1) is 6.20 Å². The Labute approximate surface area is 141 Å². The van der Waals surface area contributed by atoms with E-state index in [9.17, 15) is 4.79 Å². The molecule has 0 amide bonds. The van der Waals surface area contributed by atoms with Crippen LogP contribution in [0.4, 0.5) is 5.95 Å². The van der Waals surface area contributed by atoms with Crippen molar-refractivity contribution < 1.29 is 0 Å². The van der Waals surface area contributed by atoms with E-state index in [0.29, 0.717) is 18.0 Å². The summed E-state index contributed by atoms with van der Waals surface area (Å²) in [6.45, 7) is 0. The van der Waals surface area contributed by atoms with Gasteiger partial charge in [0.2, 0.25) is 5.95 Å². The Morgan fingerprint density at radius 1 is 1.17 bits per heavy atom. The van der Waals surface area contributed by atoms with Crippen LogP contribution in [0, 0.1) is 0 Å². The highest BCUT2D eigenvalue weighted by atomic mass is 16.1. The van der Waals surface area contributed by atoms with Crippen LogP contribution in [0.2, 0.25) is 0 Å². The SMILES string of the molecule is Cn1c(=O)n(C2CCCC2)c2nc(NC3CCC(N)CC3)ncc21. The molecule has 2 aliphatic carbocycles. The first-order valence-electron chi connectivity index (χ1n) is 9.09. The van der Waals surface area contributed by atoms with Gasteiger partial charge in [-0.25, -0.2) is 9.78 Å².